The number of piperidine rings is 1. The van der Waals surface area contributed by atoms with Crippen molar-refractivity contribution < 1.29 is 14.3 Å². The van der Waals surface area contributed by atoms with Crippen molar-refractivity contribution in [2.75, 3.05) is 13.1 Å². The third kappa shape index (κ3) is 4.68. The van der Waals surface area contributed by atoms with Crippen LogP contribution in [0.1, 0.15) is 50.1 Å². The van der Waals surface area contributed by atoms with Crippen molar-refractivity contribution in [1.82, 2.24) is 14.0 Å². The highest BCUT2D eigenvalue weighted by Gasteiger charge is 2.28. The maximum absolute atomic E-state index is 12.6. The monoisotopic (exact) mass is 390 g/mol. The van der Waals surface area contributed by atoms with Crippen LogP contribution in [0.5, 0.6) is 0 Å². The molecule has 146 valence electrons. The normalized spacial score (nSPS) is 16.6. The van der Waals surface area contributed by atoms with Crippen molar-refractivity contribution >= 4 is 23.3 Å². The topological polar surface area (TPSA) is 68.8 Å². The third-order valence-corrected chi connectivity index (χ3v) is 5.31. The molecule has 0 bridgehead atoms. The Balaban J connectivity index is 1.68. The Morgan fingerprint density at radius 1 is 1.22 bits per heavy atom. The number of amides is 2. The first kappa shape index (κ1) is 19.4. The summed E-state index contributed by atoms with van der Waals surface area (Å²) in [6.45, 7) is 6.83. The Hall–Kier alpha value is -2.35. The minimum absolute atomic E-state index is 0.171. The molecule has 0 aliphatic carbocycles. The van der Waals surface area contributed by atoms with E-state index in [4.69, 9.17) is 4.74 Å². The number of ether oxygens (including phenoxy) is 1. The number of aromatic nitrogens is 2. The number of thiazole rings is 1. The predicted octanol–water partition coefficient (Wildman–Crippen LogP) is 3.20. The molecule has 27 heavy (non-hydrogen) atoms. The molecule has 0 spiro atoms. The molecule has 1 aliphatic rings. The quantitative estimate of drug-likeness (QED) is 0.791. The molecule has 3 heterocycles. The molecule has 0 atom stereocenters. The van der Waals surface area contributed by atoms with Gasteiger partial charge in [0.2, 0.25) is 0 Å². The molecule has 1 fully saturated rings. The average Bonchev–Trinajstić information content (AvgIpc) is 3.23. The fourth-order valence-electron chi connectivity index (χ4n) is 3.13. The van der Waals surface area contributed by atoms with E-state index in [-0.39, 0.29) is 18.0 Å². The third-order valence-electron chi connectivity index (χ3n) is 4.46. The number of carbonyl (C=O) groups is 2. The SMILES string of the molecule is Cn1ccsc1=NC(=O)c1cccn1C1CCN(C(=O)OC(C)(C)C)CC1. The van der Waals surface area contributed by atoms with E-state index in [2.05, 4.69) is 4.99 Å². The van der Waals surface area contributed by atoms with Gasteiger partial charge in [-0.25, -0.2) is 4.79 Å². The van der Waals surface area contributed by atoms with Gasteiger partial charge in [-0.3, -0.25) is 4.79 Å². The second-order valence-electron chi connectivity index (χ2n) is 7.71. The van der Waals surface area contributed by atoms with E-state index < -0.39 is 5.60 Å². The van der Waals surface area contributed by atoms with Crippen molar-refractivity contribution in [2.45, 2.75) is 45.3 Å². The molecule has 7 nitrogen and oxygen atoms in total. The highest BCUT2D eigenvalue weighted by molar-refractivity contribution is 7.07. The predicted molar refractivity (Wildman–Crippen MR) is 104 cm³/mol. The molecule has 0 unspecified atom stereocenters. The Morgan fingerprint density at radius 3 is 2.52 bits per heavy atom. The first-order chi connectivity index (χ1) is 12.7. The number of aryl methyl sites for hydroxylation is 1. The minimum atomic E-state index is -0.493. The van der Waals surface area contributed by atoms with Crippen LogP contribution in [0, 0.1) is 0 Å². The number of hydrogen-bond acceptors (Lipinski definition) is 4. The number of hydrogen-bond donors (Lipinski definition) is 0. The van der Waals surface area contributed by atoms with E-state index in [1.807, 2.05) is 60.8 Å². The summed E-state index contributed by atoms with van der Waals surface area (Å²) in [5.41, 5.74) is 0.0898. The van der Waals surface area contributed by atoms with Crippen LogP contribution in [0.15, 0.2) is 34.9 Å². The molecule has 2 amide bonds. The van der Waals surface area contributed by atoms with Gasteiger partial charge in [0.15, 0.2) is 4.80 Å². The summed E-state index contributed by atoms with van der Waals surface area (Å²) in [5, 5.41) is 1.90. The van der Waals surface area contributed by atoms with Crippen LogP contribution >= 0.6 is 11.3 Å². The lowest BCUT2D eigenvalue weighted by atomic mass is 10.0. The van der Waals surface area contributed by atoms with Crippen LogP contribution in [-0.4, -0.2) is 44.7 Å². The summed E-state index contributed by atoms with van der Waals surface area (Å²) in [6.07, 6.45) is 5.08. The van der Waals surface area contributed by atoms with Crippen molar-refractivity contribution in [3.8, 4) is 0 Å². The second kappa shape index (κ2) is 7.72. The highest BCUT2D eigenvalue weighted by atomic mass is 32.1. The van der Waals surface area contributed by atoms with Crippen LogP contribution < -0.4 is 4.80 Å². The molecule has 0 radical (unpaired) electrons. The molecule has 2 aromatic heterocycles. The molecule has 0 saturated carbocycles. The zero-order valence-electron chi connectivity index (χ0n) is 16.2. The standard InChI is InChI=1S/C19H26N4O3S/c1-19(2,3)26-18(25)22-10-7-14(8-11-22)23-9-5-6-15(23)16(24)20-17-21(4)12-13-27-17/h5-6,9,12-14H,7-8,10-11H2,1-4H3. The van der Waals surface area contributed by atoms with Gasteiger partial charge in [-0.2, -0.15) is 4.99 Å². The summed E-state index contributed by atoms with van der Waals surface area (Å²) in [4.78, 5) is 31.5. The molecule has 2 aromatic rings. The van der Waals surface area contributed by atoms with Crippen molar-refractivity contribution in [3.63, 3.8) is 0 Å². The number of carbonyl (C=O) groups excluding carboxylic acids is 2. The summed E-state index contributed by atoms with van der Waals surface area (Å²) < 4.78 is 9.27. The minimum Gasteiger partial charge on any atom is -0.444 e. The zero-order valence-corrected chi connectivity index (χ0v) is 17.0. The Bertz CT molecular complexity index is 879. The molecular formula is C19H26N4O3S. The molecule has 8 heteroatoms. The summed E-state index contributed by atoms with van der Waals surface area (Å²) >= 11 is 1.43. The van der Waals surface area contributed by atoms with Crippen LogP contribution in [-0.2, 0) is 11.8 Å². The maximum Gasteiger partial charge on any atom is 0.410 e. The van der Waals surface area contributed by atoms with E-state index in [1.165, 1.54) is 11.3 Å². The summed E-state index contributed by atoms with van der Waals surface area (Å²) in [5.74, 6) is -0.243. The molecule has 0 N–H and O–H groups in total. The molecule has 1 saturated heterocycles. The van der Waals surface area contributed by atoms with Gasteiger partial charge < -0.3 is 18.8 Å². The number of rotatable bonds is 2. The summed E-state index contributed by atoms with van der Waals surface area (Å²) in [7, 11) is 1.87. The van der Waals surface area contributed by atoms with Crippen LogP contribution in [0.2, 0.25) is 0 Å². The fourth-order valence-corrected chi connectivity index (χ4v) is 3.85. The second-order valence-corrected chi connectivity index (χ2v) is 8.59. The van der Waals surface area contributed by atoms with Gasteiger partial charge in [0.25, 0.3) is 5.91 Å². The van der Waals surface area contributed by atoms with E-state index in [9.17, 15) is 9.59 Å². The lowest BCUT2D eigenvalue weighted by molar-refractivity contribution is 0.0187. The van der Waals surface area contributed by atoms with Crippen LogP contribution in [0.3, 0.4) is 0 Å². The van der Waals surface area contributed by atoms with Gasteiger partial charge in [0, 0.05) is 44.0 Å². The van der Waals surface area contributed by atoms with Gasteiger partial charge in [-0.05, 0) is 45.7 Å². The van der Waals surface area contributed by atoms with E-state index >= 15 is 0 Å². The van der Waals surface area contributed by atoms with Crippen LogP contribution in [0.4, 0.5) is 4.79 Å². The van der Waals surface area contributed by atoms with E-state index in [0.29, 0.717) is 23.6 Å². The molecule has 3 rings (SSSR count). The first-order valence-electron chi connectivity index (χ1n) is 9.08. The Labute approximate surface area is 162 Å². The van der Waals surface area contributed by atoms with Gasteiger partial charge >= 0.3 is 6.09 Å². The van der Waals surface area contributed by atoms with Gasteiger partial charge in [-0.1, -0.05) is 0 Å². The van der Waals surface area contributed by atoms with Gasteiger partial charge in [0.1, 0.15) is 11.3 Å². The maximum atomic E-state index is 12.6. The number of nitrogens with zero attached hydrogens (tertiary/aromatic N) is 4. The molecule has 1 aliphatic heterocycles. The zero-order chi connectivity index (χ0) is 19.6. The largest absolute Gasteiger partial charge is 0.444 e. The van der Waals surface area contributed by atoms with Crippen molar-refractivity contribution in [3.05, 3.63) is 40.4 Å². The first-order valence-corrected chi connectivity index (χ1v) is 9.96. The lowest BCUT2D eigenvalue weighted by Crippen LogP contribution is -2.42. The molecule has 0 aromatic carbocycles. The van der Waals surface area contributed by atoms with Crippen LogP contribution in [0.25, 0.3) is 0 Å². The lowest BCUT2D eigenvalue weighted by Gasteiger charge is -2.34. The van der Waals surface area contributed by atoms with E-state index in [0.717, 1.165) is 12.8 Å². The Morgan fingerprint density at radius 2 is 1.93 bits per heavy atom. The fraction of sp³-hybridized carbons (Fsp3) is 0.526. The van der Waals surface area contributed by atoms with Crippen molar-refractivity contribution in [2.24, 2.45) is 12.0 Å². The molecular weight excluding hydrogens is 364 g/mol. The highest BCUT2D eigenvalue weighted by Crippen LogP contribution is 2.26. The smallest absolute Gasteiger partial charge is 0.410 e. The van der Waals surface area contributed by atoms with E-state index in [1.54, 1.807) is 11.0 Å². The average molecular weight is 391 g/mol. The number of likely N-dealkylation sites (tertiary alicyclic amines) is 1. The van der Waals surface area contributed by atoms with Crippen molar-refractivity contribution in [1.29, 1.82) is 0 Å². The van der Waals surface area contributed by atoms with Gasteiger partial charge in [0.05, 0.1) is 0 Å². The Kier molecular flexibility index (Phi) is 5.55. The summed E-state index contributed by atoms with van der Waals surface area (Å²) in [6, 6.07) is 3.85. The van der Waals surface area contributed by atoms with Gasteiger partial charge in [-0.15, -0.1) is 11.3 Å².